The lowest BCUT2D eigenvalue weighted by molar-refractivity contribution is -0.115. The third-order valence-electron chi connectivity index (χ3n) is 3.42. The lowest BCUT2D eigenvalue weighted by atomic mass is 10.1. The molecule has 6 heteroatoms. The van der Waals surface area contributed by atoms with Gasteiger partial charge >= 0.3 is 0 Å². The maximum atomic E-state index is 12.0. The number of amides is 2. The summed E-state index contributed by atoms with van der Waals surface area (Å²) in [7, 11) is 0. The number of hydrogen-bond acceptors (Lipinski definition) is 4. The van der Waals surface area contributed by atoms with Crippen molar-refractivity contribution < 1.29 is 14.8 Å². The number of hydrogen-bond donors (Lipinski definition) is 3. The van der Waals surface area contributed by atoms with Crippen molar-refractivity contribution >= 4 is 38.2 Å². The predicted molar refractivity (Wildman–Crippen MR) is 97.6 cm³/mol. The van der Waals surface area contributed by atoms with Crippen LogP contribution in [0, 0.1) is 11.8 Å². The van der Waals surface area contributed by atoms with Crippen molar-refractivity contribution in [2.24, 2.45) is 0 Å². The molecule has 124 valence electrons. The maximum absolute atomic E-state index is 12.0. The largest absolute Gasteiger partial charge is 0.317 e. The second-order valence-corrected chi connectivity index (χ2v) is 6.28. The Kier molecular flexibility index (Phi) is 5.09. The van der Waals surface area contributed by atoms with Gasteiger partial charge in [0.05, 0.1) is 11.4 Å². The number of rotatable bonds is 3. The molecule has 1 heterocycles. The van der Waals surface area contributed by atoms with Crippen LogP contribution in [0.5, 0.6) is 0 Å². The molecule has 0 aliphatic heterocycles. The van der Waals surface area contributed by atoms with Crippen LogP contribution in [-0.4, -0.2) is 17.0 Å². The number of benzene rings is 2. The molecule has 0 radical (unpaired) electrons. The highest BCUT2D eigenvalue weighted by molar-refractivity contribution is 7.22. The summed E-state index contributed by atoms with van der Waals surface area (Å²) >= 11 is 1.52. The van der Waals surface area contributed by atoms with Crippen molar-refractivity contribution in [2.45, 2.75) is 6.42 Å². The minimum atomic E-state index is -0.581. The molecule has 2 amide bonds. The van der Waals surface area contributed by atoms with Crippen molar-refractivity contribution in [2.75, 3.05) is 5.32 Å². The van der Waals surface area contributed by atoms with Gasteiger partial charge in [-0.1, -0.05) is 30.0 Å². The van der Waals surface area contributed by atoms with E-state index in [1.54, 1.807) is 29.7 Å². The quantitative estimate of drug-likeness (QED) is 0.385. The monoisotopic (exact) mass is 350 g/mol. The topological polar surface area (TPSA) is 78.4 Å². The van der Waals surface area contributed by atoms with Gasteiger partial charge in [0.15, 0.2) is 0 Å². The molecule has 3 rings (SSSR count). The summed E-state index contributed by atoms with van der Waals surface area (Å²) in [5, 5.41) is 13.3. The summed E-state index contributed by atoms with van der Waals surface area (Å²) in [5.41, 5.74) is 2.58. The van der Waals surface area contributed by atoms with E-state index in [4.69, 9.17) is 5.21 Å². The molecule has 3 N–H and O–H groups in total. The maximum Gasteiger partial charge on any atom is 0.274 e. The zero-order chi connectivity index (χ0) is 17.6. The average Bonchev–Trinajstić information content (AvgIpc) is 3.03. The Morgan fingerprint density at radius 1 is 1.08 bits per heavy atom. The van der Waals surface area contributed by atoms with Crippen LogP contribution in [-0.2, 0) is 4.79 Å². The first-order chi connectivity index (χ1) is 12.2. The number of anilines is 1. The molecule has 5 nitrogen and oxygen atoms in total. The Labute approximate surface area is 148 Å². The van der Waals surface area contributed by atoms with Gasteiger partial charge in [-0.05, 0) is 41.8 Å². The minimum Gasteiger partial charge on any atom is -0.317 e. The minimum absolute atomic E-state index is 0.0765. The van der Waals surface area contributed by atoms with Crippen molar-refractivity contribution in [3.63, 3.8) is 0 Å². The van der Waals surface area contributed by atoms with Crippen LogP contribution >= 0.6 is 11.3 Å². The molecule has 0 spiro atoms. The second kappa shape index (κ2) is 7.62. The van der Waals surface area contributed by atoms with Crippen molar-refractivity contribution in [3.05, 3.63) is 65.7 Å². The van der Waals surface area contributed by atoms with E-state index in [9.17, 15) is 9.59 Å². The highest BCUT2D eigenvalue weighted by atomic mass is 32.1. The Morgan fingerprint density at radius 3 is 2.56 bits per heavy atom. The Morgan fingerprint density at radius 2 is 1.84 bits per heavy atom. The number of nitrogens with one attached hydrogen (secondary N) is 2. The van der Waals surface area contributed by atoms with Gasteiger partial charge in [0.1, 0.15) is 0 Å². The number of fused-ring (bicyclic) bond motifs is 1. The summed E-state index contributed by atoms with van der Waals surface area (Å²) in [4.78, 5) is 23.2. The fourth-order valence-corrected chi connectivity index (χ4v) is 3.20. The van der Waals surface area contributed by atoms with Crippen molar-refractivity contribution in [1.82, 2.24) is 5.48 Å². The zero-order valence-corrected chi connectivity index (χ0v) is 13.9. The number of carbonyl (C=O) groups excluding carboxylic acids is 2. The highest BCUT2D eigenvalue weighted by Crippen LogP contribution is 2.29. The first kappa shape index (κ1) is 16.7. The van der Waals surface area contributed by atoms with Gasteiger partial charge < -0.3 is 5.32 Å². The average molecular weight is 350 g/mol. The number of hydroxylamine groups is 1. The van der Waals surface area contributed by atoms with Gasteiger partial charge in [-0.15, -0.1) is 11.3 Å². The fraction of sp³-hybridized carbons (Fsp3) is 0.0526. The molecular weight excluding hydrogens is 336 g/mol. The summed E-state index contributed by atoms with van der Waals surface area (Å²) in [5.74, 6) is 4.93. The Balaban J connectivity index is 1.59. The number of carbonyl (C=O) groups is 2. The lowest BCUT2D eigenvalue weighted by Crippen LogP contribution is -2.18. The van der Waals surface area contributed by atoms with Gasteiger partial charge in [-0.25, -0.2) is 5.48 Å². The van der Waals surface area contributed by atoms with Gasteiger partial charge in [0, 0.05) is 15.8 Å². The normalized spacial score (nSPS) is 9.96. The van der Waals surface area contributed by atoms with E-state index < -0.39 is 5.91 Å². The smallest absolute Gasteiger partial charge is 0.274 e. The van der Waals surface area contributed by atoms with Gasteiger partial charge in [0.25, 0.3) is 5.91 Å². The van der Waals surface area contributed by atoms with Gasteiger partial charge in [-0.2, -0.15) is 0 Å². The van der Waals surface area contributed by atoms with E-state index in [2.05, 4.69) is 17.2 Å². The van der Waals surface area contributed by atoms with E-state index in [1.165, 1.54) is 11.3 Å². The van der Waals surface area contributed by atoms with Crippen LogP contribution in [0.3, 0.4) is 0 Å². The van der Waals surface area contributed by atoms with Crippen LogP contribution in [0.1, 0.15) is 22.3 Å². The Bertz CT molecular complexity index is 948. The molecule has 0 saturated heterocycles. The molecule has 0 unspecified atom stereocenters. The molecule has 2 aromatic carbocycles. The van der Waals surface area contributed by atoms with Crippen molar-refractivity contribution in [3.8, 4) is 11.8 Å². The van der Waals surface area contributed by atoms with E-state index in [0.717, 1.165) is 15.1 Å². The highest BCUT2D eigenvalue weighted by Gasteiger charge is 2.05. The summed E-state index contributed by atoms with van der Waals surface area (Å²) < 4.78 is 1.12. The number of thiophene rings is 1. The first-order valence-electron chi connectivity index (χ1n) is 7.47. The SMILES string of the molecule is O=C(CC#Cc1ccc(C(=O)NO)cc1)Nc1cc2ccccc2s1. The molecule has 0 aliphatic carbocycles. The fourth-order valence-electron chi connectivity index (χ4n) is 2.22. The molecule has 0 aliphatic rings. The van der Waals surface area contributed by atoms with Crippen LogP contribution in [0.2, 0.25) is 0 Å². The molecule has 0 atom stereocenters. The first-order valence-corrected chi connectivity index (χ1v) is 8.29. The molecule has 0 saturated carbocycles. The van der Waals surface area contributed by atoms with E-state index >= 15 is 0 Å². The summed E-state index contributed by atoms with van der Waals surface area (Å²) in [6.07, 6.45) is 0.0765. The van der Waals surface area contributed by atoms with Gasteiger partial charge in [-0.3, -0.25) is 14.8 Å². The third kappa shape index (κ3) is 4.23. The zero-order valence-electron chi connectivity index (χ0n) is 13.1. The molecule has 3 aromatic rings. The second-order valence-electron chi connectivity index (χ2n) is 5.19. The lowest BCUT2D eigenvalue weighted by Gasteiger charge is -1.98. The standard InChI is InChI=1S/C19H14N2O3S/c22-17(20-18-12-15-5-1-2-6-16(15)25-18)7-3-4-13-8-10-14(11-9-13)19(23)21-24/h1-2,5-6,8-12,24H,7H2,(H,20,22)(H,21,23). The summed E-state index contributed by atoms with van der Waals surface area (Å²) in [6.45, 7) is 0. The Hall–Kier alpha value is -3.14. The molecule has 25 heavy (non-hydrogen) atoms. The van der Waals surface area contributed by atoms with E-state index in [1.807, 2.05) is 30.3 Å². The van der Waals surface area contributed by atoms with Crippen LogP contribution in [0.15, 0.2) is 54.6 Å². The van der Waals surface area contributed by atoms with E-state index in [0.29, 0.717) is 11.1 Å². The molecule has 0 bridgehead atoms. The molecule has 1 aromatic heterocycles. The third-order valence-corrected chi connectivity index (χ3v) is 4.45. The van der Waals surface area contributed by atoms with Crippen LogP contribution < -0.4 is 10.8 Å². The summed E-state index contributed by atoms with van der Waals surface area (Å²) in [6, 6.07) is 16.3. The van der Waals surface area contributed by atoms with Crippen LogP contribution in [0.25, 0.3) is 10.1 Å². The predicted octanol–water partition coefficient (Wildman–Crippen LogP) is 3.40. The molecular formula is C19H14N2O3S. The van der Waals surface area contributed by atoms with Crippen molar-refractivity contribution in [1.29, 1.82) is 0 Å². The van der Waals surface area contributed by atoms with Crippen LogP contribution in [0.4, 0.5) is 5.00 Å². The van der Waals surface area contributed by atoms with E-state index in [-0.39, 0.29) is 12.3 Å². The molecule has 0 fully saturated rings. The van der Waals surface area contributed by atoms with Gasteiger partial charge in [0.2, 0.25) is 5.91 Å².